The molecule has 33 heavy (non-hydrogen) atoms. The summed E-state index contributed by atoms with van der Waals surface area (Å²) in [6.07, 6.45) is 0.697. The highest BCUT2D eigenvalue weighted by Gasteiger charge is 2.24. The van der Waals surface area contributed by atoms with Gasteiger partial charge in [0.1, 0.15) is 17.5 Å². The number of hydrogen-bond donors (Lipinski definition) is 3. The standard InChI is InChI=1S/C22H28NO9P/c1-16-7-10-18(11-8-16)32-20-6-3-2-5-17(20)9-12-21(24)29-13-4-14-30-33(27,28)31-15-19(23)22(25)26/h2-3,5-8,10-11,19H,4,9,12-15,23H2,1H3,(H,25,26)(H,27,28)/t19-/m0/s1. The number of aryl methyl sites for hydroxylation is 2. The van der Waals surface area contributed by atoms with Gasteiger partial charge in [-0.1, -0.05) is 35.9 Å². The molecule has 0 aliphatic carbocycles. The molecule has 0 aromatic heterocycles. The number of carboxylic acids is 1. The second-order valence-corrected chi connectivity index (χ2v) is 8.59. The largest absolute Gasteiger partial charge is 0.480 e. The van der Waals surface area contributed by atoms with Crippen molar-refractivity contribution in [2.75, 3.05) is 19.8 Å². The molecule has 0 aliphatic rings. The molecular formula is C22H28NO9P. The monoisotopic (exact) mass is 481 g/mol. The minimum absolute atomic E-state index is 0.0189. The van der Waals surface area contributed by atoms with E-state index in [9.17, 15) is 19.0 Å². The Labute approximate surface area is 191 Å². The van der Waals surface area contributed by atoms with Crippen molar-refractivity contribution < 1.29 is 42.7 Å². The molecule has 0 heterocycles. The van der Waals surface area contributed by atoms with Gasteiger partial charge in [0.15, 0.2) is 0 Å². The number of carboxylic acid groups (broad SMARTS) is 1. The van der Waals surface area contributed by atoms with Crippen molar-refractivity contribution in [1.82, 2.24) is 0 Å². The first-order valence-corrected chi connectivity index (χ1v) is 11.7. The van der Waals surface area contributed by atoms with E-state index < -0.39 is 32.4 Å². The number of phosphoric acid groups is 1. The molecule has 10 nitrogen and oxygen atoms in total. The van der Waals surface area contributed by atoms with Crippen LogP contribution in [-0.4, -0.2) is 47.8 Å². The maximum atomic E-state index is 12.0. The zero-order valence-electron chi connectivity index (χ0n) is 18.2. The molecule has 0 aliphatic heterocycles. The summed E-state index contributed by atoms with van der Waals surface area (Å²) in [6.45, 7) is 1.07. The van der Waals surface area contributed by atoms with Crippen LogP contribution < -0.4 is 10.5 Å². The van der Waals surface area contributed by atoms with Gasteiger partial charge >= 0.3 is 19.8 Å². The zero-order valence-corrected chi connectivity index (χ0v) is 19.1. The lowest BCUT2D eigenvalue weighted by molar-refractivity contribution is -0.143. The minimum Gasteiger partial charge on any atom is -0.480 e. The van der Waals surface area contributed by atoms with E-state index in [4.69, 9.17) is 20.3 Å². The van der Waals surface area contributed by atoms with Crippen molar-refractivity contribution in [3.8, 4) is 11.5 Å². The van der Waals surface area contributed by atoms with Gasteiger partial charge in [-0.15, -0.1) is 0 Å². The summed E-state index contributed by atoms with van der Waals surface area (Å²) in [5.41, 5.74) is 7.16. The number of carbonyl (C=O) groups excluding carboxylic acids is 1. The quantitative estimate of drug-likeness (QED) is 0.208. The van der Waals surface area contributed by atoms with Crippen LogP contribution >= 0.6 is 7.82 Å². The van der Waals surface area contributed by atoms with Gasteiger partial charge in [0.25, 0.3) is 0 Å². The van der Waals surface area contributed by atoms with E-state index in [1.54, 1.807) is 0 Å². The van der Waals surface area contributed by atoms with Crippen molar-refractivity contribution in [1.29, 1.82) is 0 Å². The highest BCUT2D eigenvalue weighted by atomic mass is 31.2. The first-order valence-electron chi connectivity index (χ1n) is 10.2. The average Bonchev–Trinajstić information content (AvgIpc) is 2.78. The molecule has 0 radical (unpaired) electrons. The van der Waals surface area contributed by atoms with Gasteiger partial charge in [0.2, 0.25) is 0 Å². The van der Waals surface area contributed by atoms with Gasteiger partial charge in [-0.05, 0) is 37.1 Å². The van der Waals surface area contributed by atoms with Crippen LogP contribution in [-0.2, 0) is 34.4 Å². The fraction of sp³-hybridized carbons (Fsp3) is 0.364. The molecule has 0 saturated heterocycles. The van der Waals surface area contributed by atoms with Crippen LogP contribution in [0.5, 0.6) is 11.5 Å². The van der Waals surface area contributed by atoms with Crippen LogP contribution in [0.15, 0.2) is 48.5 Å². The van der Waals surface area contributed by atoms with Crippen LogP contribution in [0, 0.1) is 6.92 Å². The Balaban J connectivity index is 1.69. The topological polar surface area (TPSA) is 155 Å². The Morgan fingerprint density at radius 2 is 1.76 bits per heavy atom. The molecule has 2 atom stereocenters. The third kappa shape index (κ3) is 10.2. The average molecular weight is 481 g/mol. The van der Waals surface area contributed by atoms with Gasteiger partial charge in [-0.25, -0.2) is 4.57 Å². The summed E-state index contributed by atoms with van der Waals surface area (Å²) in [5.74, 6) is -0.447. The fourth-order valence-corrected chi connectivity index (χ4v) is 3.34. The molecule has 0 bridgehead atoms. The number of hydrogen-bond acceptors (Lipinski definition) is 8. The molecule has 0 amide bonds. The second-order valence-electron chi connectivity index (χ2n) is 7.14. The highest BCUT2D eigenvalue weighted by molar-refractivity contribution is 7.47. The molecule has 0 saturated carbocycles. The third-order valence-corrected chi connectivity index (χ3v) is 5.34. The summed E-state index contributed by atoms with van der Waals surface area (Å²) < 4.78 is 31.8. The number of nitrogens with two attached hydrogens (primary N) is 1. The van der Waals surface area contributed by atoms with E-state index in [2.05, 4.69) is 9.05 Å². The van der Waals surface area contributed by atoms with Crippen molar-refractivity contribution in [2.24, 2.45) is 5.73 Å². The molecular weight excluding hydrogens is 453 g/mol. The van der Waals surface area contributed by atoms with Gasteiger partial charge in [-0.2, -0.15) is 0 Å². The molecule has 2 aromatic rings. The van der Waals surface area contributed by atoms with E-state index in [1.807, 2.05) is 55.5 Å². The summed E-state index contributed by atoms with van der Waals surface area (Å²) in [4.78, 5) is 32.0. The number of ether oxygens (including phenoxy) is 2. The highest BCUT2D eigenvalue weighted by Crippen LogP contribution is 2.43. The smallest absolute Gasteiger partial charge is 0.472 e. The van der Waals surface area contributed by atoms with Gasteiger partial charge in [0, 0.05) is 12.8 Å². The number of rotatable bonds is 14. The van der Waals surface area contributed by atoms with Crippen LogP contribution in [0.3, 0.4) is 0 Å². The van der Waals surface area contributed by atoms with E-state index in [0.717, 1.165) is 11.1 Å². The van der Waals surface area contributed by atoms with Crippen LogP contribution in [0.4, 0.5) is 0 Å². The van der Waals surface area contributed by atoms with Gasteiger partial charge in [0.05, 0.1) is 19.8 Å². The van der Waals surface area contributed by atoms with Gasteiger partial charge in [-0.3, -0.25) is 18.6 Å². The molecule has 2 rings (SSSR count). The number of para-hydroxylation sites is 1. The lowest BCUT2D eigenvalue weighted by atomic mass is 10.1. The first kappa shape index (κ1) is 26.5. The molecule has 0 spiro atoms. The van der Waals surface area contributed by atoms with E-state index >= 15 is 0 Å². The number of benzene rings is 2. The van der Waals surface area contributed by atoms with Crippen molar-refractivity contribution in [2.45, 2.75) is 32.2 Å². The molecule has 2 aromatic carbocycles. The SMILES string of the molecule is Cc1ccc(Oc2ccccc2CCC(=O)OCCCOP(=O)(O)OC[C@H](N)C(=O)O)cc1. The van der Waals surface area contributed by atoms with Crippen molar-refractivity contribution in [3.05, 3.63) is 59.7 Å². The molecule has 4 N–H and O–H groups in total. The van der Waals surface area contributed by atoms with Crippen LogP contribution in [0.2, 0.25) is 0 Å². The Morgan fingerprint density at radius 3 is 2.45 bits per heavy atom. The summed E-state index contributed by atoms with van der Waals surface area (Å²) in [7, 11) is -4.44. The van der Waals surface area contributed by atoms with Crippen LogP contribution in [0.25, 0.3) is 0 Å². The van der Waals surface area contributed by atoms with Gasteiger partial charge < -0.3 is 25.2 Å². The Bertz CT molecular complexity index is 965. The van der Waals surface area contributed by atoms with Crippen LogP contribution in [0.1, 0.15) is 24.0 Å². The van der Waals surface area contributed by atoms with E-state index in [-0.39, 0.29) is 26.1 Å². The maximum Gasteiger partial charge on any atom is 0.472 e. The van der Waals surface area contributed by atoms with Crippen molar-refractivity contribution >= 4 is 19.8 Å². The number of carbonyl (C=O) groups is 2. The zero-order chi connectivity index (χ0) is 24.3. The molecule has 180 valence electrons. The minimum atomic E-state index is -4.44. The lowest BCUT2D eigenvalue weighted by Crippen LogP contribution is -2.34. The number of aliphatic carboxylic acids is 1. The Kier molecular flexibility index (Phi) is 10.5. The summed E-state index contributed by atoms with van der Waals surface area (Å²) >= 11 is 0. The molecule has 11 heteroatoms. The number of phosphoric ester groups is 1. The predicted octanol–water partition coefficient (Wildman–Crippen LogP) is 3.20. The Hall–Kier alpha value is -2.75. The first-order chi connectivity index (χ1) is 15.7. The van der Waals surface area contributed by atoms with E-state index in [0.29, 0.717) is 17.9 Å². The second kappa shape index (κ2) is 13.1. The van der Waals surface area contributed by atoms with E-state index in [1.165, 1.54) is 0 Å². The Morgan fingerprint density at radius 1 is 1.06 bits per heavy atom. The summed E-state index contributed by atoms with van der Waals surface area (Å²) in [6, 6.07) is 13.6. The predicted molar refractivity (Wildman–Crippen MR) is 119 cm³/mol. The molecule has 1 unspecified atom stereocenters. The molecule has 0 fully saturated rings. The normalized spacial score (nSPS) is 13.7. The summed E-state index contributed by atoms with van der Waals surface area (Å²) in [5, 5.41) is 8.61. The lowest BCUT2D eigenvalue weighted by Gasteiger charge is -2.14. The fourth-order valence-electron chi connectivity index (χ4n) is 2.56. The maximum absolute atomic E-state index is 12.0. The van der Waals surface area contributed by atoms with Crippen molar-refractivity contribution in [3.63, 3.8) is 0 Å². The third-order valence-electron chi connectivity index (χ3n) is 4.36. The number of esters is 1.